The van der Waals surface area contributed by atoms with Gasteiger partial charge in [0, 0.05) is 29.1 Å². The number of hydrogen-bond acceptors (Lipinski definition) is 7. The van der Waals surface area contributed by atoms with Gasteiger partial charge in [-0.2, -0.15) is 14.6 Å². The lowest BCUT2D eigenvalue weighted by Crippen LogP contribution is -2.07. The molecule has 0 saturated heterocycles. The molecule has 0 aliphatic heterocycles. The van der Waals surface area contributed by atoms with Crippen LogP contribution in [0.2, 0.25) is 0 Å². The minimum Gasteiger partial charge on any atom is -0.361 e. The predicted octanol–water partition coefficient (Wildman–Crippen LogP) is 2.69. The van der Waals surface area contributed by atoms with Crippen molar-refractivity contribution >= 4 is 22.8 Å². The van der Waals surface area contributed by atoms with E-state index in [0.29, 0.717) is 24.7 Å². The second kappa shape index (κ2) is 5.81. The molecule has 7 nitrogen and oxygen atoms in total. The van der Waals surface area contributed by atoms with Crippen molar-refractivity contribution in [2.45, 2.75) is 19.9 Å². The van der Waals surface area contributed by atoms with Crippen LogP contribution in [0.15, 0.2) is 40.4 Å². The average Bonchev–Trinajstić information content (AvgIpc) is 3.26. The quantitative estimate of drug-likeness (QED) is 0.607. The number of aryl methyl sites for hydroxylation is 1. The molecule has 4 rings (SSSR count). The lowest BCUT2D eigenvalue weighted by atomic mass is 10.3. The van der Waals surface area contributed by atoms with Crippen molar-refractivity contribution in [1.29, 1.82) is 0 Å². The van der Waals surface area contributed by atoms with E-state index < -0.39 is 0 Å². The second-order valence-corrected chi connectivity index (χ2v) is 6.13. The van der Waals surface area contributed by atoms with E-state index in [-0.39, 0.29) is 0 Å². The Labute approximate surface area is 136 Å². The molecular weight excluding hydrogens is 312 g/mol. The highest BCUT2D eigenvalue weighted by molar-refractivity contribution is 7.09. The zero-order chi connectivity index (χ0) is 15.6. The number of rotatable bonds is 5. The highest BCUT2D eigenvalue weighted by atomic mass is 32.1. The van der Waals surface area contributed by atoms with Crippen molar-refractivity contribution in [2.75, 3.05) is 5.32 Å². The summed E-state index contributed by atoms with van der Waals surface area (Å²) in [4.78, 5) is 10.0. The van der Waals surface area contributed by atoms with E-state index in [4.69, 9.17) is 4.52 Å². The summed E-state index contributed by atoms with van der Waals surface area (Å²) in [6, 6.07) is 7.88. The van der Waals surface area contributed by atoms with Gasteiger partial charge < -0.3 is 9.84 Å². The molecule has 0 bridgehead atoms. The van der Waals surface area contributed by atoms with Gasteiger partial charge in [0.05, 0.1) is 12.7 Å². The van der Waals surface area contributed by atoms with Crippen LogP contribution in [0.3, 0.4) is 0 Å². The Hall–Kier alpha value is -2.74. The van der Waals surface area contributed by atoms with Crippen LogP contribution >= 0.6 is 11.3 Å². The van der Waals surface area contributed by atoms with Crippen LogP contribution in [0.5, 0.6) is 0 Å². The summed E-state index contributed by atoms with van der Waals surface area (Å²) < 4.78 is 7.04. The van der Waals surface area contributed by atoms with Crippen molar-refractivity contribution in [2.24, 2.45) is 0 Å². The molecule has 116 valence electrons. The summed E-state index contributed by atoms with van der Waals surface area (Å²) in [6.07, 6.45) is 2.41. The molecule has 23 heavy (non-hydrogen) atoms. The summed E-state index contributed by atoms with van der Waals surface area (Å²) in [5, 5.41) is 13.6. The van der Waals surface area contributed by atoms with Crippen molar-refractivity contribution < 1.29 is 4.52 Å². The zero-order valence-corrected chi connectivity index (χ0v) is 13.2. The molecule has 0 atom stereocenters. The lowest BCUT2D eigenvalue weighted by Gasteiger charge is -2.06. The first-order valence-corrected chi connectivity index (χ1v) is 8.05. The highest BCUT2D eigenvalue weighted by Crippen LogP contribution is 2.15. The molecule has 4 aromatic rings. The van der Waals surface area contributed by atoms with Gasteiger partial charge in [0.1, 0.15) is 5.82 Å². The Morgan fingerprint density at radius 3 is 3.13 bits per heavy atom. The first-order chi connectivity index (χ1) is 11.3. The van der Waals surface area contributed by atoms with Gasteiger partial charge in [0.15, 0.2) is 11.5 Å². The molecule has 4 aromatic heterocycles. The molecule has 0 aliphatic rings. The third-order valence-corrected chi connectivity index (χ3v) is 4.21. The molecule has 0 fully saturated rings. The number of hydrogen-bond donors (Lipinski definition) is 1. The van der Waals surface area contributed by atoms with Crippen LogP contribution in [0.25, 0.3) is 5.65 Å². The predicted molar refractivity (Wildman–Crippen MR) is 86.5 cm³/mol. The maximum absolute atomic E-state index is 5.29. The van der Waals surface area contributed by atoms with E-state index in [1.807, 2.05) is 30.5 Å². The summed E-state index contributed by atoms with van der Waals surface area (Å²) in [6.45, 7) is 2.39. The summed E-state index contributed by atoms with van der Waals surface area (Å²) in [7, 11) is 0. The number of fused-ring (bicyclic) bond motifs is 1. The SMILES string of the molecule is Cc1cc(NCc2nc(Cc3cccs3)no2)n2nccc2n1. The first-order valence-electron chi connectivity index (χ1n) is 7.17. The van der Waals surface area contributed by atoms with Gasteiger partial charge in [-0.3, -0.25) is 0 Å². The number of anilines is 1. The van der Waals surface area contributed by atoms with Gasteiger partial charge in [-0.25, -0.2) is 4.98 Å². The molecule has 0 aromatic carbocycles. The Balaban J connectivity index is 1.48. The zero-order valence-electron chi connectivity index (χ0n) is 12.4. The maximum atomic E-state index is 5.29. The van der Waals surface area contributed by atoms with Gasteiger partial charge in [0.25, 0.3) is 0 Å². The van der Waals surface area contributed by atoms with E-state index in [1.54, 1.807) is 22.0 Å². The third-order valence-electron chi connectivity index (χ3n) is 3.33. The van der Waals surface area contributed by atoms with Crippen molar-refractivity contribution in [3.63, 3.8) is 0 Å². The molecular formula is C15H14N6OS. The Morgan fingerprint density at radius 1 is 1.30 bits per heavy atom. The lowest BCUT2D eigenvalue weighted by molar-refractivity contribution is 0.378. The number of nitrogens with one attached hydrogen (secondary N) is 1. The minimum absolute atomic E-state index is 0.440. The summed E-state index contributed by atoms with van der Waals surface area (Å²) in [5.74, 6) is 2.08. The molecule has 1 N–H and O–H groups in total. The number of aromatic nitrogens is 5. The standard InChI is InChI=1S/C15H14N6OS/c1-10-7-14(21-13(18-10)4-5-17-21)16-9-15-19-12(20-22-15)8-11-3-2-6-23-11/h2-7,16H,8-9H2,1H3. The van der Waals surface area contributed by atoms with Crippen LogP contribution in [0, 0.1) is 6.92 Å². The Bertz CT molecular complexity index is 927. The molecule has 0 unspecified atom stereocenters. The van der Waals surface area contributed by atoms with Crippen LogP contribution in [0.4, 0.5) is 5.82 Å². The normalized spacial score (nSPS) is 11.2. The fourth-order valence-corrected chi connectivity index (χ4v) is 3.03. The van der Waals surface area contributed by atoms with Gasteiger partial charge >= 0.3 is 0 Å². The summed E-state index contributed by atoms with van der Waals surface area (Å²) in [5.41, 5.74) is 1.72. The summed E-state index contributed by atoms with van der Waals surface area (Å²) >= 11 is 1.69. The monoisotopic (exact) mass is 326 g/mol. The molecule has 0 spiro atoms. The Kier molecular flexibility index (Phi) is 3.51. The smallest absolute Gasteiger partial charge is 0.245 e. The van der Waals surface area contributed by atoms with Crippen molar-refractivity contribution in [3.05, 3.63) is 58.1 Å². The molecule has 0 radical (unpaired) electrons. The highest BCUT2D eigenvalue weighted by Gasteiger charge is 2.09. The van der Waals surface area contributed by atoms with E-state index >= 15 is 0 Å². The van der Waals surface area contributed by atoms with Crippen LogP contribution in [-0.4, -0.2) is 24.7 Å². The van der Waals surface area contributed by atoms with Gasteiger partial charge in [0.2, 0.25) is 5.89 Å². The largest absolute Gasteiger partial charge is 0.361 e. The fourth-order valence-electron chi connectivity index (χ4n) is 2.33. The topological polar surface area (TPSA) is 81.1 Å². The van der Waals surface area contributed by atoms with Gasteiger partial charge in [-0.05, 0) is 18.4 Å². The Morgan fingerprint density at radius 2 is 2.26 bits per heavy atom. The third kappa shape index (κ3) is 2.93. The van der Waals surface area contributed by atoms with E-state index in [2.05, 4.69) is 31.6 Å². The van der Waals surface area contributed by atoms with Crippen LogP contribution in [-0.2, 0) is 13.0 Å². The average molecular weight is 326 g/mol. The van der Waals surface area contributed by atoms with Crippen LogP contribution < -0.4 is 5.32 Å². The van der Waals surface area contributed by atoms with Crippen molar-refractivity contribution in [3.8, 4) is 0 Å². The van der Waals surface area contributed by atoms with Crippen LogP contribution in [0.1, 0.15) is 22.3 Å². The maximum Gasteiger partial charge on any atom is 0.245 e. The van der Waals surface area contributed by atoms with Gasteiger partial charge in [-0.15, -0.1) is 11.3 Å². The van der Waals surface area contributed by atoms with E-state index in [9.17, 15) is 0 Å². The first kappa shape index (κ1) is 13.9. The fraction of sp³-hybridized carbons (Fsp3) is 0.200. The second-order valence-electron chi connectivity index (χ2n) is 5.10. The van der Waals surface area contributed by atoms with E-state index in [1.165, 1.54) is 4.88 Å². The molecule has 4 heterocycles. The number of nitrogens with zero attached hydrogens (tertiary/aromatic N) is 5. The van der Waals surface area contributed by atoms with Crippen molar-refractivity contribution in [1.82, 2.24) is 24.7 Å². The number of thiophene rings is 1. The molecule has 0 saturated carbocycles. The minimum atomic E-state index is 0.440. The van der Waals surface area contributed by atoms with Gasteiger partial charge in [-0.1, -0.05) is 11.2 Å². The molecule has 0 aliphatic carbocycles. The molecule has 0 amide bonds. The molecule has 8 heteroatoms. The van der Waals surface area contributed by atoms with E-state index in [0.717, 1.165) is 17.2 Å².